The van der Waals surface area contributed by atoms with Crippen molar-refractivity contribution in [2.45, 2.75) is 31.3 Å². The zero-order valence-electron chi connectivity index (χ0n) is 14.8. The summed E-state index contributed by atoms with van der Waals surface area (Å²) in [7, 11) is 0. The molecule has 0 atom stereocenters. The Morgan fingerprint density at radius 1 is 1.31 bits per heavy atom. The van der Waals surface area contributed by atoms with Crippen LogP contribution in [0, 0.1) is 0 Å². The number of aromatic nitrogens is 3. The first kappa shape index (κ1) is 18.7. The number of carbonyl (C=O) groups excluding carboxylic acids is 1. The maximum absolute atomic E-state index is 12.0. The first-order valence-electron chi connectivity index (χ1n) is 8.51. The molecule has 2 N–H and O–H groups in total. The van der Waals surface area contributed by atoms with Gasteiger partial charge in [0.2, 0.25) is 5.91 Å². The normalized spacial score (nSPS) is 11.2. The van der Waals surface area contributed by atoms with Gasteiger partial charge in [0.05, 0.1) is 16.3 Å². The SMILES string of the molecule is CC(C)c1ccc(CCNC(=O)CSc2nc3ncc(Cl)cc3[nH]2)cc1. The van der Waals surface area contributed by atoms with Gasteiger partial charge in [-0.2, -0.15) is 0 Å². The van der Waals surface area contributed by atoms with Crippen LogP contribution < -0.4 is 5.32 Å². The number of nitrogens with zero attached hydrogens (tertiary/aromatic N) is 2. The third-order valence-electron chi connectivity index (χ3n) is 4.00. The first-order valence-corrected chi connectivity index (χ1v) is 9.87. The molecule has 0 bridgehead atoms. The van der Waals surface area contributed by atoms with Crippen LogP contribution in [0.3, 0.4) is 0 Å². The van der Waals surface area contributed by atoms with Crippen LogP contribution in [0.1, 0.15) is 30.9 Å². The van der Waals surface area contributed by atoms with Crippen molar-refractivity contribution in [3.63, 3.8) is 0 Å². The molecule has 0 saturated heterocycles. The highest BCUT2D eigenvalue weighted by Crippen LogP contribution is 2.20. The van der Waals surface area contributed by atoms with Gasteiger partial charge >= 0.3 is 0 Å². The molecule has 3 rings (SSSR count). The van der Waals surface area contributed by atoms with Crippen molar-refractivity contribution in [1.29, 1.82) is 0 Å². The number of pyridine rings is 1. The second kappa shape index (κ2) is 8.56. The van der Waals surface area contributed by atoms with Crippen LogP contribution in [-0.4, -0.2) is 33.2 Å². The predicted molar refractivity (Wildman–Crippen MR) is 107 cm³/mol. The van der Waals surface area contributed by atoms with Crippen molar-refractivity contribution in [3.8, 4) is 0 Å². The third kappa shape index (κ3) is 4.99. The molecule has 26 heavy (non-hydrogen) atoms. The number of benzene rings is 1. The van der Waals surface area contributed by atoms with Gasteiger partial charge in [0, 0.05) is 12.7 Å². The summed E-state index contributed by atoms with van der Waals surface area (Å²) in [4.78, 5) is 23.6. The molecule has 1 amide bonds. The van der Waals surface area contributed by atoms with Gasteiger partial charge in [-0.15, -0.1) is 0 Å². The third-order valence-corrected chi connectivity index (χ3v) is 5.08. The number of hydrogen-bond donors (Lipinski definition) is 2. The topological polar surface area (TPSA) is 70.7 Å². The molecule has 0 spiro atoms. The fourth-order valence-corrected chi connectivity index (χ4v) is 3.38. The van der Waals surface area contributed by atoms with Gasteiger partial charge in [-0.3, -0.25) is 4.79 Å². The Morgan fingerprint density at radius 2 is 2.08 bits per heavy atom. The van der Waals surface area contributed by atoms with Crippen molar-refractivity contribution in [2.75, 3.05) is 12.3 Å². The lowest BCUT2D eigenvalue weighted by molar-refractivity contribution is -0.118. The van der Waals surface area contributed by atoms with Gasteiger partial charge in [0.15, 0.2) is 10.8 Å². The minimum absolute atomic E-state index is 0.0137. The molecule has 5 nitrogen and oxygen atoms in total. The second-order valence-electron chi connectivity index (χ2n) is 6.35. The predicted octanol–water partition coefficient (Wildman–Crippen LogP) is 4.19. The maximum atomic E-state index is 12.0. The molecule has 0 unspecified atom stereocenters. The second-order valence-corrected chi connectivity index (χ2v) is 7.75. The van der Waals surface area contributed by atoms with E-state index in [1.165, 1.54) is 22.9 Å². The molecule has 2 heterocycles. The number of carbonyl (C=O) groups is 1. The highest BCUT2D eigenvalue weighted by molar-refractivity contribution is 7.99. The van der Waals surface area contributed by atoms with E-state index in [9.17, 15) is 4.79 Å². The summed E-state index contributed by atoms with van der Waals surface area (Å²) in [6.07, 6.45) is 2.38. The molecule has 0 aliphatic carbocycles. The van der Waals surface area contributed by atoms with Gasteiger partial charge in [0.25, 0.3) is 0 Å². The van der Waals surface area contributed by atoms with E-state index in [1.807, 2.05) is 0 Å². The lowest BCUT2D eigenvalue weighted by Gasteiger charge is -2.08. The van der Waals surface area contributed by atoms with Crippen molar-refractivity contribution in [1.82, 2.24) is 20.3 Å². The van der Waals surface area contributed by atoms with E-state index in [1.54, 1.807) is 12.3 Å². The zero-order valence-corrected chi connectivity index (χ0v) is 16.3. The van der Waals surface area contributed by atoms with Crippen molar-refractivity contribution >= 4 is 40.4 Å². The molecule has 3 aromatic rings. The highest BCUT2D eigenvalue weighted by Gasteiger charge is 2.08. The minimum Gasteiger partial charge on any atom is -0.355 e. The molecular weight excluding hydrogens is 368 g/mol. The molecule has 0 saturated carbocycles. The van der Waals surface area contributed by atoms with E-state index < -0.39 is 0 Å². The summed E-state index contributed by atoms with van der Waals surface area (Å²) in [6, 6.07) is 10.3. The number of rotatable bonds is 7. The van der Waals surface area contributed by atoms with Crippen molar-refractivity contribution < 1.29 is 4.79 Å². The van der Waals surface area contributed by atoms with Gasteiger partial charge in [-0.05, 0) is 29.5 Å². The molecule has 1 aromatic carbocycles. The van der Waals surface area contributed by atoms with Crippen LogP contribution in [0.25, 0.3) is 11.2 Å². The van der Waals surface area contributed by atoms with Crippen molar-refractivity contribution in [3.05, 3.63) is 52.7 Å². The number of imidazole rings is 1. The number of thioether (sulfide) groups is 1. The first-order chi connectivity index (χ1) is 12.5. The Hall–Kier alpha value is -2.05. The number of hydrogen-bond acceptors (Lipinski definition) is 4. The Labute approximate surface area is 162 Å². The van der Waals surface area contributed by atoms with E-state index in [0.29, 0.717) is 34.0 Å². The minimum atomic E-state index is -0.0137. The van der Waals surface area contributed by atoms with Crippen LogP contribution in [0.4, 0.5) is 0 Å². The molecule has 136 valence electrons. The largest absolute Gasteiger partial charge is 0.355 e. The Kier molecular flexibility index (Phi) is 6.16. The lowest BCUT2D eigenvalue weighted by Crippen LogP contribution is -2.27. The number of nitrogens with one attached hydrogen (secondary N) is 2. The van der Waals surface area contributed by atoms with Crippen LogP contribution in [0.15, 0.2) is 41.7 Å². The molecule has 7 heteroatoms. The van der Waals surface area contributed by atoms with Gasteiger partial charge in [0.1, 0.15) is 0 Å². The number of amides is 1. The Balaban J connectivity index is 1.43. The zero-order chi connectivity index (χ0) is 18.5. The number of halogens is 1. The van der Waals surface area contributed by atoms with Crippen LogP contribution in [0.5, 0.6) is 0 Å². The summed E-state index contributed by atoms with van der Waals surface area (Å²) >= 11 is 7.26. The van der Waals surface area contributed by atoms with E-state index in [2.05, 4.69) is 58.4 Å². The fourth-order valence-electron chi connectivity index (χ4n) is 2.52. The smallest absolute Gasteiger partial charge is 0.230 e. The quantitative estimate of drug-likeness (QED) is 0.595. The van der Waals surface area contributed by atoms with E-state index in [-0.39, 0.29) is 5.91 Å². The fraction of sp³-hybridized carbons (Fsp3) is 0.316. The van der Waals surface area contributed by atoms with Crippen LogP contribution >= 0.6 is 23.4 Å². The molecule has 2 aromatic heterocycles. The Morgan fingerprint density at radius 3 is 2.81 bits per heavy atom. The molecule has 0 fully saturated rings. The summed E-state index contributed by atoms with van der Waals surface area (Å²) < 4.78 is 0. The van der Waals surface area contributed by atoms with Crippen LogP contribution in [-0.2, 0) is 11.2 Å². The van der Waals surface area contributed by atoms with Gasteiger partial charge < -0.3 is 10.3 Å². The summed E-state index contributed by atoms with van der Waals surface area (Å²) in [5.41, 5.74) is 3.92. The maximum Gasteiger partial charge on any atom is 0.230 e. The van der Waals surface area contributed by atoms with Gasteiger partial charge in [-0.1, -0.05) is 61.5 Å². The standard InChI is InChI=1S/C19H21ClN4OS/c1-12(2)14-5-3-13(4-6-14)7-8-21-17(25)11-26-19-23-16-9-15(20)10-22-18(16)24-19/h3-6,9-10,12H,7-8,11H2,1-2H3,(H,21,25)(H,22,23,24). The average Bonchev–Trinajstić information content (AvgIpc) is 3.02. The molecule has 0 aliphatic rings. The van der Waals surface area contributed by atoms with E-state index in [0.717, 1.165) is 11.9 Å². The van der Waals surface area contributed by atoms with Crippen LogP contribution in [0.2, 0.25) is 5.02 Å². The van der Waals surface area contributed by atoms with Crippen molar-refractivity contribution in [2.24, 2.45) is 0 Å². The highest BCUT2D eigenvalue weighted by atomic mass is 35.5. The van der Waals surface area contributed by atoms with E-state index in [4.69, 9.17) is 11.6 Å². The number of aromatic amines is 1. The number of H-pyrrole nitrogens is 1. The summed E-state index contributed by atoms with van der Waals surface area (Å²) in [5, 5.41) is 4.16. The molecule has 0 aliphatic heterocycles. The summed E-state index contributed by atoms with van der Waals surface area (Å²) in [5.74, 6) is 0.824. The summed E-state index contributed by atoms with van der Waals surface area (Å²) in [6.45, 7) is 4.98. The van der Waals surface area contributed by atoms with E-state index >= 15 is 0 Å². The average molecular weight is 389 g/mol. The number of fused-ring (bicyclic) bond motifs is 1. The monoisotopic (exact) mass is 388 g/mol. The molecular formula is C19H21ClN4OS. The molecule has 0 radical (unpaired) electrons. The Bertz CT molecular complexity index is 892. The van der Waals surface area contributed by atoms with Gasteiger partial charge in [-0.25, -0.2) is 9.97 Å². The lowest BCUT2D eigenvalue weighted by atomic mass is 10.0.